The molecule has 0 radical (unpaired) electrons. The molecule has 20 heavy (non-hydrogen) atoms. The minimum Gasteiger partial charge on any atom is -0.320 e. The molecule has 0 spiro atoms. The van der Waals surface area contributed by atoms with Crippen LogP contribution in [-0.4, -0.2) is 15.7 Å². The SMILES string of the molecule is Cn1nc(C(=O)Nc2cccc(F)c2)cc1C(F)(F)F. The minimum absolute atomic E-state index is 0.134. The summed E-state index contributed by atoms with van der Waals surface area (Å²) >= 11 is 0. The second-order valence-electron chi connectivity index (χ2n) is 4.00. The van der Waals surface area contributed by atoms with Gasteiger partial charge >= 0.3 is 6.18 Å². The molecule has 0 aliphatic rings. The van der Waals surface area contributed by atoms with Crippen LogP contribution < -0.4 is 5.32 Å². The zero-order valence-corrected chi connectivity index (χ0v) is 10.2. The average Bonchev–Trinajstić information content (AvgIpc) is 2.71. The fourth-order valence-corrected chi connectivity index (χ4v) is 1.60. The Morgan fingerprint density at radius 2 is 2.00 bits per heavy atom. The molecule has 0 aliphatic heterocycles. The van der Waals surface area contributed by atoms with Gasteiger partial charge < -0.3 is 5.32 Å². The van der Waals surface area contributed by atoms with Crippen LogP contribution in [0.25, 0.3) is 0 Å². The smallest absolute Gasteiger partial charge is 0.320 e. The normalized spacial score (nSPS) is 11.4. The van der Waals surface area contributed by atoms with Crippen LogP contribution in [0.15, 0.2) is 30.3 Å². The lowest BCUT2D eigenvalue weighted by atomic mass is 10.3. The number of rotatable bonds is 2. The van der Waals surface area contributed by atoms with Gasteiger partial charge in [0.15, 0.2) is 5.69 Å². The zero-order chi connectivity index (χ0) is 14.9. The molecule has 0 saturated heterocycles. The monoisotopic (exact) mass is 287 g/mol. The van der Waals surface area contributed by atoms with Gasteiger partial charge in [0.25, 0.3) is 5.91 Å². The standard InChI is InChI=1S/C12H9F4N3O/c1-19-10(12(14,15)16)6-9(18-19)11(20)17-8-4-2-3-7(13)5-8/h2-6H,1H3,(H,17,20). The van der Waals surface area contributed by atoms with Gasteiger partial charge in [-0.3, -0.25) is 9.48 Å². The van der Waals surface area contributed by atoms with Gasteiger partial charge in [-0.25, -0.2) is 4.39 Å². The third-order valence-electron chi connectivity index (χ3n) is 2.49. The van der Waals surface area contributed by atoms with Crippen molar-refractivity contribution in [2.24, 2.45) is 7.05 Å². The first-order valence-electron chi connectivity index (χ1n) is 5.45. The van der Waals surface area contributed by atoms with Gasteiger partial charge in [0.05, 0.1) is 0 Å². The molecule has 1 heterocycles. The molecular formula is C12H9F4N3O. The molecule has 0 fully saturated rings. The molecule has 106 valence electrons. The lowest BCUT2D eigenvalue weighted by Gasteiger charge is -2.04. The number of anilines is 1. The maximum absolute atomic E-state index is 12.9. The van der Waals surface area contributed by atoms with Crippen molar-refractivity contribution in [2.75, 3.05) is 5.32 Å². The molecule has 1 amide bonds. The number of benzene rings is 1. The number of carbonyl (C=O) groups is 1. The third kappa shape index (κ3) is 2.95. The van der Waals surface area contributed by atoms with Crippen LogP contribution >= 0.6 is 0 Å². The Bertz CT molecular complexity index is 648. The molecule has 0 saturated carbocycles. The van der Waals surface area contributed by atoms with E-state index in [0.29, 0.717) is 10.7 Å². The summed E-state index contributed by atoms with van der Waals surface area (Å²) in [6.45, 7) is 0. The molecule has 0 unspecified atom stereocenters. The van der Waals surface area contributed by atoms with Crippen molar-refractivity contribution < 1.29 is 22.4 Å². The van der Waals surface area contributed by atoms with Crippen molar-refractivity contribution in [3.63, 3.8) is 0 Å². The molecular weight excluding hydrogens is 278 g/mol. The Labute approximate surface area is 111 Å². The molecule has 0 aliphatic carbocycles. The van der Waals surface area contributed by atoms with Crippen LogP contribution in [-0.2, 0) is 13.2 Å². The number of halogens is 4. The van der Waals surface area contributed by atoms with E-state index in [1.165, 1.54) is 18.2 Å². The van der Waals surface area contributed by atoms with Gasteiger partial charge in [0, 0.05) is 18.8 Å². The first-order chi connectivity index (χ1) is 9.27. The topological polar surface area (TPSA) is 46.9 Å². The predicted molar refractivity (Wildman–Crippen MR) is 62.6 cm³/mol. The van der Waals surface area contributed by atoms with Crippen molar-refractivity contribution in [1.29, 1.82) is 0 Å². The Hall–Kier alpha value is -2.38. The summed E-state index contributed by atoms with van der Waals surface area (Å²) < 4.78 is 51.2. The maximum atomic E-state index is 12.9. The molecule has 1 N–H and O–H groups in total. The van der Waals surface area contributed by atoms with Crippen LogP contribution in [0.5, 0.6) is 0 Å². The lowest BCUT2D eigenvalue weighted by molar-refractivity contribution is -0.143. The number of amides is 1. The Morgan fingerprint density at radius 1 is 1.30 bits per heavy atom. The van der Waals surface area contributed by atoms with E-state index in [-0.39, 0.29) is 5.69 Å². The van der Waals surface area contributed by atoms with E-state index in [0.717, 1.165) is 13.1 Å². The maximum Gasteiger partial charge on any atom is 0.433 e. The van der Waals surface area contributed by atoms with E-state index in [1.807, 2.05) is 0 Å². The number of carbonyl (C=O) groups excluding carboxylic acids is 1. The fraction of sp³-hybridized carbons (Fsp3) is 0.167. The van der Waals surface area contributed by atoms with Gasteiger partial charge in [-0.1, -0.05) is 6.07 Å². The quantitative estimate of drug-likeness (QED) is 0.863. The number of nitrogens with one attached hydrogen (secondary N) is 1. The molecule has 4 nitrogen and oxygen atoms in total. The largest absolute Gasteiger partial charge is 0.433 e. The van der Waals surface area contributed by atoms with Crippen LogP contribution in [0.4, 0.5) is 23.2 Å². The molecule has 2 aromatic rings. The molecule has 8 heteroatoms. The van der Waals surface area contributed by atoms with Crippen LogP contribution in [0.2, 0.25) is 0 Å². The fourth-order valence-electron chi connectivity index (χ4n) is 1.60. The Kier molecular flexibility index (Phi) is 3.47. The Balaban J connectivity index is 2.22. The summed E-state index contributed by atoms with van der Waals surface area (Å²) in [5, 5.41) is 5.76. The van der Waals surface area contributed by atoms with E-state index in [2.05, 4.69) is 10.4 Å². The van der Waals surface area contributed by atoms with E-state index < -0.39 is 29.3 Å². The third-order valence-corrected chi connectivity index (χ3v) is 2.49. The van der Waals surface area contributed by atoms with Crippen LogP contribution in [0.3, 0.4) is 0 Å². The van der Waals surface area contributed by atoms with Crippen molar-refractivity contribution in [2.45, 2.75) is 6.18 Å². The van der Waals surface area contributed by atoms with E-state index in [1.54, 1.807) is 0 Å². The van der Waals surface area contributed by atoms with Gasteiger partial charge in [-0.15, -0.1) is 0 Å². The summed E-state index contributed by atoms with van der Waals surface area (Å²) in [5.74, 6) is -1.42. The highest BCUT2D eigenvalue weighted by Crippen LogP contribution is 2.29. The second-order valence-corrected chi connectivity index (χ2v) is 4.00. The van der Waals surface area contributed by atoms with Crippen LogP contribution in [0, 0.1) is 5.82 Å². The number of hydrogen-bond acceptors (Lipinski definition) is 2. The zero-order valence-electron chi connectivity index (χ0n) is 10.2. The van der Waals surface area contributed by atoms with Crippen molar-refractivity contribution >= 4 is 11.6 Å². The molecule has 1 aromatic carbocycles. The van der Waals surface area contributed by atoms with Gasteiger partial charge in [-0.05, 0) is 18.2 Å². The summed E-state index contributed by atoms with van der Waals surface area (Å²) in [5.41, 5.74) is -1.31. The first-order valence-corrected chi connectivity index (χ1v) is 5.45. The number of aryl methyl sites for hydroxylation is 1. The highest BCUT2D eigenvalue weighted by molar-refractivity contribution is 6.02. The predicted octanol–water partition coefficient (Wildman–Crippen LogP) is 2.83. The number of aromatic nitrogens is 2. The van der Waals surface area contributed by atoms with Crippen LogP contribution in [0.1, 0.15) is 16.2 Å². The minimum atomic E-state index is -4.60. The van der Waals surface area contributed by atoms with Crippen molar-refractivity contribution in [1.82, 2.24) is 9.78 Å². The summed E-state index contributed by atoms with van der Waals surface area (Å²) in [7, 11) is 1.09. The van der Waals surface area contributed by atoms with Crippen molar-refractivity contribution in [3.05, 3.63) is 47.5 Å². The van der Waals surface area contributed by atoms with E-state index in [9.17, 15) is 22.4 Å². The molecule has 2 rings (SSSR count). The van der Waals surface area contributed by atoms with E-state index >= 15 is 0 Å². The summed E-state index contributed by atoms with van der Waals surface area (Å²) in [6.07, 6.45) is -4.60. The lowest BCUT2D eigenvalue weighted by Crippen LogP contribution is -2.13. The second kappa shape index (κ2) is 4.95. The molecule has 0 bridgehead atoms. The summed E-state index contributed by atoms with van der Waals surface area (Å²) in [6, 6.07) is 5.64. The number of alkyl halides is 3. The highest BCUT2D eigenvalue weighted by atomic mass is 19.4. The molecule has 1 aromatic heterocycles. The average molecular weight is 287 g/mol. The number of hydrogen-bond donors (Lipinski definition) is 1. The van der Waals surface area contributed by atoms with Crippen molar-refractivity contribution in [3.8, 4) is 0 Å². The van der Waals surface area contributed by atoms with Gasteiger partial charge in [-0.2, -0.15) is 18.3 Å². The van der Waals surface area contributed by atoms with E-state index in [4.69, 9.17) is 0 Å². The highest BCUT2D eigenvalue weighted by Gasteiger charge is 2.35. The number of nitrogens with zero attached hydrogens (tertiary/aromatic N) is 2. The first kappa shape index (κ1) is 14.0. The summed E-state index contributed by atoms with van der Waals surface area (Å²) in [4.78, 5) is 11.7. The molecule has 0 atom stereocenters. The Morgan fingerprint density at radius 3 is 2.55 bits per heavy atom. The van der Waals surface area contributed by atoms with Gasteiger partial charge in [0.1, 0.15) is 11.5 Å². The van der Waals surface area contributed by atoms with Gasteiger partial charge in [0.2, 0.25) is 0 Å².